The fourth-order valence-electron chi connectivity index (χ4n) is 3.16. The Bertz CT molecular complexity index is 679. The van der Waals surface area contributed by atoms with Crippen molar-refractivity contribution in [2.24, 2.45) is 0 Å². The number of aromatic nitrogens is 1. The van der Waals surface area contributed by atoms with Gasteiger partial charge in [0.2, 0.25) is 0 Å². The van der Waals surface area contributed by atoms with Crippen molar-refractivity contribution < 1.29 is 9.32 Å². The van der Waals surface area contributed by atoms with Gasteiger partial charge in [-0.15, -0.1) is 0 Å². The van der Waals surface area contributed by atoms with E-state index in [0.717, 1.165) is 43.7 Å². The Labute approximate surface area is 135 Å². The monoisotopic (exact) mass is 311 g/mol. The van der Waals surface area contributed by atoms with Crippen LogP contribution in [0.3, 0.4) is 0 Å². The fourth-order valence-corrected chi connectivity index (χ4v) is 3.16. The van der Waals surface area contributed by atoms with Crippen LogP contribution in [0.15, 0.2) is 40.9 Å². The molecule has 1 aliphatic carbocycles. The summed E-state index contributed by atoms with van der Waals surface area (Å²) in [6.45, 7) is 1.50. The topological polar surface area (TPSA) is 58.4 Å². The van der Waals surface area contributed by atoms with Gasteiger partial charge < -0.3 is 14.7 Å². The van der Waals surface area contributed by atoms with E-state index in [9.17, 15) is 4.79 Å². The first-order valence-corrected chi connectivity index (χ1v) is 8.37. The highest BCUT2D eigenvalue weighted by atomic mass is 16.5. The highest BCUT2D eigenvalue weighted by molar-refractivity contribution is 5.92. The number of para-hydroxylation sites is 1. The Kier molecular flexibility index (Phi) is 3.77. The van der Waals surface area contributed by atoms with Crippen molar-refractivity contribution in [2.75, 3.05) is 18.4 Å². The molecule has 1 atom stereocenters. The summed E-state index contributed by atoms with van der Waals surface area (Å²) in [7, 11) is 0. The van der Waals surface area contributed by atoms with Gasteiger partial charge in [0.25, 0.3) is 5.91 Å². The zero-order valence-electron chi connectivity index (χ0n) is 13.1. The molecule has 5 nitrogen and oxygen atoms in total. The van der Waals surface area contributed by atoms with E-state index in [2.05, 4.69) is 22.6 Å². The van der Waals surface area contributed by atoms with Gasteiger partial charge in [-0.25, -0.2) is 0 Å². The Morgan fingerprint density at radius 3 is 2.83 bits per heavy atom. The Hall–Kier alpha value is -2.30. The lowest BCUT2D eigenvalue weighted by molar-refractivity contribution is 0.0704. The van der Waals surface area contributed by atoms with E-state index in [1.807, 2.05) is 29.2 Å². The van der Waals surface area contributed by atoms with Gasteiger partial charge in [-0.05, 0) is 37.8 Å². The molecule has 0 radical (unpaired) electrons. The average molecular weight is 311 g/mol. The summed E-state index contributed by atoms with van der Waals surface area (Å²) in [5.74, 6) is 1.34. The molecule has 2 aromatic rings. The number of hydrogen-bond acceptors (Lipinski definition) is 4. The summed E-state index contributed by atoms with van der Waals surface area (Å²) in [6, 6.07) is 12.3. The quantitative estimate of drug-likeness (QED) is 0.941. The second kappa shape index (κ2) is 6.07. The third-order valence-corrected chi connectivity index (χ3v) is 4.58. The van der Waals surface area contributed by atoms with Crippen LogP contribution < -0.4 is 5.32 Å². The van der Waals surface area contributed by atoms with Gasteiger partial charge in [-0.1, -0.05) is 23.4 Å². The second-order valence-corrected chi connectivity index (χ2v) is 6.49. The first kappa shape index (κ1) is 14.3. The maximum Gasteiger partial charge on any atom is 0.276 e. The number of carbonyl (C=O) groups excluding carboxylic acids is 1. The Morgan fingerprint density at radius 2 is 2.04 bits per heavy atom. The van der Waals surface area contributed by atoms with E-state index < -0.39 is 0 Å². The molecule has 1 aromatic heterocycles. The van der Waals surface area contributed by atoms with Crippen LogP contribution in [0, 0.1) is 0 Å². The maximum absolute atomic E-state index is 12.6. The van der Waals surface area contributed by atoms with Crippen molar-refractivity contribution in [1.82, 2.24) is 10.1 Å². The predicted molar refractivity (Wildman–Crippen MR) is 87.5 cm³/mol. The molecule has 2 fully saturated rings. The highest BCUT2D eigenvalue weighted by Crippen LogP contribution is 2.40. The van der Waals surface area contributed by atoms with E-state index >= 15 is 0 Å². The van der Waals surface area contributed by atoms with Gasteiger partial charge in [0.1, 0.15) is 5.76 Å². The van der Waals surface area contributed by atoms with Gasteiger partial charge in [0.05, 0.1) is 0 Å². The number of nitrogens with zero attached hydrogens (tertiary/aromatic N) is 2. The summed E-state index contributed by atoms with van der Waals surface area (Å²) in [6.07, 6.45) is 4.37. The van der Waals surface area contributed by atoms with Crippen LogP contribution in [0.2, 0.25) is 0 Å². The summed E-state index contributed by atoms with van der Waals surface area (Å²) in [4.78, 5) is 14.5. The molecule has 2 heterocycles. The SMILES string of the molecule is O=C(c1cc(C2CC2)on1)N1CCC[C@@H](Nc2ccccc2)C1. The minimum absolute atomic E-state index is 0.0137. The number of benzene rings is 1. The molecule has 5 heteroatoms. The van der Waals surface area contributed by atoms with Crippen LogP contribution in [-0.4, -0.2) is 35.1 Å². The molecule has 1 saturated heterocycles. The molecule has 4 rings (SSSR count). The molecular weight excluding hydrogens is 290 g/mol. The molecule has 0 unspecified atom stereocenters. The van der Waals surface area contributed by atoms with E-state index in [1.165, 1.54) is 0 Å². The molecule has 1 N–H and O–H groups in total. The van der Waals surface area contributed by atoms with Gasteiger partial charge in [0.15, 0.2) is 5.69 Å². The molecular formula is C18H21N3O2. The number of likely N-dealkylation sites (tertiary alicyclic amines) is 1. The molecule has 2 aliphatic rings. The number of anilines is 1. The van der Waals surface area contributed by atoms with Crippen molar-refractivity contribution in [1.29, 1.82) is 0 Å². The van der Waals surface area contributed by atoms with E-state index in [1.54, 1.807) is 0 Å². The van der Waals surface area contributed by atoms with Crippen LogP contribution >= 0.6 is 0 Å². The van der Waals surface area contributed by atoms with Gasteiger partial charge in [-0.2, -0.15) is 0 Å². The van der Waals surface area contributed by atoms with E-state index in [4.69, 9.17) is 4.52 Å². The largest absolute Gasteiger partial charge is 0.381 e. The first-order valence-electron chi connectivity index (χ1n) is 8.37. The van der Waals surface area contributed by atoms with Crippen molar-refractivity contribution in [3.05, 3.63) is 47.9 Å². The lowest BCUT2D eigenvalue weighted by atomic mass is 10.0. The van der Waals surface area contributed by atoms with Crippen molar-refractivity contribution in [2.45, 2.75) is 37.6 Å². The van der Waals surface area contributed by atoms with E-state index in [0.29, 0.717) is 18.2 Å². The van der Waals surface area contributed by atoms with Crippen LogP contribution in [0.1, 0.15) is 47.8 Å². The van der Waals surface area contributed by atoms with E-state index in [-0.39, 0.29) is 11.9 Å². The number of amides is 1. The van der Waals surface area contributed by atoms with Gasteiger partial charge >= 0.3 is 0 Å². The molecule has 0 bridgehead atoms. The maximum atomic E-state index is 12.6. The van der Waals surface area contributed by atoms with Crippen LogP contribution in [0.4, 0.5) is 5.69 Å². The van der Waals surface area contributed by atoms with Gasteiger partial charge in [0, 0.05) is 36.8 Å². The zero-order chi connectivity index (χ0) is 15.6. The summed E-state index contributed by atoms with van der Waals surface area (Å²) >= 11 is 0. The lowest BCUT2D eigenvalue weighted by Gasteiger charge is -2.33. The number of hydrogen-bond donors (Lipinski definition) is 1. The molecule has 1 saturated carbocycles. The minimum atomic E-state index is -0.0137. The molecule has 1 aliphatic heterocycles. The van der Waals surface area contributed by atoms with Crippen molar-refractivity contribution in [3.8, 4) is 0 Å². The average Bonchev–Trinajstić information content (AvgIpc) is 3.33. The predicted octanol–water partition coefficient (Wildman–Crippen LogP) is 3.27. The minimum Gasteiger partial charge on any atom is -0.381 e. The second-order valence-electron chi connectivity index (χ2n) is 6.49. The van der Waals surface area contributed by atoms with Crippen LogP contribution in [0.5, 0.6) is 0 Å². The summed E-state index contributed by atoms with van der Waals surface area (Å²) in [5.41, 5.74) is 1.55. The molecule has 23 heavy (non-hydrogen) atoms. The van der Waals surface area contributed by atoms with Crippen LogP contribution in [-0.2, 0) is 0 Å². The standard InChI is InChI=1S/C18H21N3O2/c22-18(16-11-17(23-20-16)13-8-9-13)21-10-4-7-15(12-21)19-14-5-2-1-3-6-14/h1-3,5-6,11,13,15,19H,4,7-10,12H2/t15-/m1/s1. The fraction of sp³-hybridized carbons (Fsp3) is 0.444. The van der Waals surface area contributed by atoms with Crippen molar-refractivity contribution in [3.63, 3.8) is 0 Å². The van der Waals surface area contributed by atoms with Crippen LogP contribution in [0.25, 0.3) is 0 Å². The number of piperidine rings is 1. The van der Waals surface area contributed by atoms with Crippen molar-refractivity contribution >= 4 is 11.6 Å². The lowest BCUT2D eigenvalue weighted by Crippen LogP contribution is -2.45. The summed E-state index contributed by atoms with van der Waals surface area (Å²) < 4.78 is 5.31. The number of carbonyl (C=O) groups is 1. The van der Waals surface area contributed by atoms with Gasteiger partial charge in [-0.3, -0.25) is 4.79 Å². The third kappa shape index (κ3) is 3.23. The number of rotatable bonds is 4. The molecule has 1 aromatic carbocycles. The molecule has 120 valence electrons. The molecule has 0 spiro atoms. The summed E-state index contributed by atoms with van der Waals surface area (Å²) in [5, 5.41) is 7.49. The molecule has 1 amide bonds. The number of nitrogens with one attached hydrogen (secondary N) is 1. The normalized spacial score (nSPS) is 21.2. The first-order chi connectivity index (χ1) is 11.3. The third-order valence-electron chi connectivity index (χ3n) is 4.58. The Morgan fingerprint density at radius 1 is 1.22 bits per heavy atom. The smallest absolute Gasteiger partial charge is 0.276 e. The Balaban J connectivity index is 1.40. The highest BCUT2D eigenvalue weighted by Gasteiger charge is 2.31. The zero-order valence-corrected chi connectivity index (χ0v) is 13.1.